The quantitative estimate of drug-likeness (QED) is 0.706. The Bertz CT molecular complexity index is 303. The molecule has 0 heterocycles. The van der Waals surface area contributed by atoms with Crippen LogP contribution in [0.15, 0.2) is 12.2 Å². The molecule has 16 heavy (non-hydrogen) atoms. The third-order valence-corrected chi connectivity index (χ3v) is 5.10. The van der Waals surface area contributed by atoms with Gasteiger partial charge in [-0.15, -0.1) is 0 Å². The Morgan fingerprint density at radius 1 is 1.25 bits per heavy atom. The highest BCUT2D eigenvalue weighted by molar-refractivity contribution is 5.16. The summed E-state index contributed by atoms with van der Waals surface area (Å²) in [4.78, 5) is 0. The summed E-state index contributed by atoms with van der Waals surface area (Å²) in [5.74, 6) is 1.63. The standard InChI is InChI=1S/C15H27N/c1-13(2,16)8-7-12-14(3,4)11-6-9-15(12,5)10-11/h7-8,11-12H,6,9-10,16H2,1-5H3. The molecule has 2 fully saturated rings. The molecule has 0 aromatic rings. The van der Waals surface area contributed by atoms with E-state index in [1.165, 1.54) is 19.3 Å². The Morgan fingerprint density at radius 2 is 1.88 bits per heavy atom. The van der Waals surface area contributed by atoms with Crippen LogP contribution in [0, 0.1) is 22.7 Å². The van der Waals surface area contributed by atoms with Gasteiger partial charge in [0.25, 0.3) is 0 Å². The molecule has 0 radical (unpaired) electrons. The maximum atomic E-state index is 6.06. The number of hydrogen-bond acceptors (Lipinski definition) is 1. The van der Waals surface area contributed by atoms with Crippen molar-refractivity contribution in [1.29, 1.82) is 0 Å². The lowest BCUT2D eigenvalue weighted by atomic mass is 9.63. The van der Waals surface area contributed by atoms with E-state index in [1.807, 2.05) is 0 Å². The van der Waals surface area contributed by atoms with Gasteiger partial charge in [0.15, 0.2) is 0 Å². The summed E-state index contributed by atoms with van der Waals surface area (Å²) < 4.78 is 0. The van der Waals surface area contributed by atoms with Gasteiger partial charge in [0, 0.05) is 5.54 Å². The van der Waals surface area contributed by atoms with E-state index >= 15 is 0 Å². The van der Waals surface area contributed by atoms with Crippen molar-refractivity contribution in [3.8, 4) is 0 Å². The Balaban J connectivity index is 2.24. The fraction of sp³-hybridized carbons (Fsp3) is 0.867. The zero-order valence-electron chi connectivity index (χ0n) is 11.5. The highest BCUT2D eigenvalue weighted by Gasteiger charge is 2.57. The van der Waals surface area contributed by atoms with E-state index in [0.717, 1.165) is 5.92 Å². The van der Waals surface area contributed by atoms with Gasteiger partial charge in [-0.2, -0.15) is 0 Å². The average molecular weight is 221 g/mol. The molecule has 0 spiro atoms. The van der Waals surface area contributed by atoms with Gasteiger partial charge in [0.1, 0.15) is 0 Å². The SMILES string of the molecule is CC(C)(N)C=CC1C2(C)CCC(C2)C1(C)C. The summed E-state index contributed by atoms with van der Waals surface area (Å²) in [7, 11) is 0. The van der Waals surface area contributed by atoms with Crippen LogP contribution in [-0.4, -0.2) is 5.54 Å². The summed E-state index contributed by atoms with van der Waals surface area (Å²) >= 11 is 0. The topological polar surface area (TPSA) is 26.0 Å². The van der Waals surface area contributed by atoms with E-state index in [0.29, 0.717) is 16.7 Å². The minimum atomic E-state index is -0.172. The minimum Gasteiger partial charge on any atom is -0.322 e. The van der Waals surface area contributed by atoms with Crippen molar-refractivity contribution in [3.05, 3.63) is 12.2 Å². The predicted octanol–water partition coefficient (Wildman–Crippen LogP) is 3.74. The number of nitrogens with two attached hydrogens (primary N) is 1. The van der Waals surface area contributed by atoms with E-state index in [1.54, 1.807) is 0 Å². The fourth-order valence-corrected chi connectivity index (χ4v) is 4.17. The molecule has 2 aliphatic carbocycles. The van der Waals surface area contributed by atoms with Crippen LogP contribution in [0.25, 0.3) is 0 Å². The normalized spacial score (nSPS) is 42.1. The second-order valence-electron chi connectivity index (χ2n) is 7.57. The van der Waals surface area contributed by atoms with Crippen molar-refractivity contribution in [2.45, 2.75) is 59.4 Å². The van der Waals surface area contributed by atoms with Crippen LogP contribution in [0.5, 0.6) is 0 Å². The molecule has 0 saturated heterocycles. The van der Waals surface area contributed by atoms with Crippen LogP contribution in [0.1, 0.15) is 53.9 Å². The second-order valence-corrected chi connectivity index (χ2v) is 7.57. The van der Waals surface area contributed by atoms with Crippen LogP contribution in [-0.2, 0) is 0 Å². The second kappa shape index (κ2) is 3.35. The molecular weight excluding hydrogens is 194 g/mol. The van der Waals surface area contributed by atoms with E-state index in [9.17, 15) is 0 Å². The lowest BCUT2D eigenvalue weighted by Crippen LogP contribution is -2.35. The highest BCUT2D eigenvalue weighted by Crippen LogP contribution is 2.66. The third kappa shape index (κ3) is 1.84. The van der Waals surface area contributed by atoms with Gasteiger partial charge in [-0.3, -0.25) is 0 Å². The Hall–Kier alpha value is -0.300. The molecule has 2 aliphatic rings. The molecular formula is C15H27N. The van der Waals surface area contributed by atoms with Gasteiger partial charge >= 0.3 is 0 Å². The first-order chi connectivity index (χ1) is 7.15. The maximum Gasteiger partial charge on any atom is 0.0281 e. The largest absolute Gasteiger partial charge is 0.322 e. The van der Waals surface area contributed by atoms with E-state index in [-0.39, 0.29) is 5.54 Å². The number of fused-ring (bicyclic) bond motifs is 2. The van der Waals surface area contributed by atoms with Crippen LogP contribution in [0.4, 0.5) is 0 Å². The van der Waals surface area contributed by atoms with Crippen molar-refractivity contribution < 1.29 is 0 Å². The lowest BCUT2D eigenvalue weighted by molar-refractivity contribution is 0.113. The first-order valence-electron chi connectivity index (χ1n) is 6.63. The van der Waals surface area contributed by atoms with Crippen molar-refractivity contribution in [3.63, 3.8) is 0 Å². The zero-order chi connectivity index (χ0) is 12.2. The molecule has 0 amide bonds. The van der Waals surface area contributed by atoms with Crippen molar-refractivity contribution in [1.82, 2.24) is 0 Å². The van der Waals surface area contributed by atoms with Gasteiger partial charge in [-0.1, -0.05) is 32.9 Å². The number of allylic oxidation sites excluding steroid dienone is 1. The van der Waals surface area contributed by atoms with Crippen LogP contribution < -0.4 is 5.73 Å². The van der Waals surface area contributed by atoms with Crippen LogP contribution in [0.3, 0.4) is 0 Å². The van der Waals surface area contributed by atoms with Crippen molar-refractivity contribution >= 4 is 0 Å². The summed E-state index contributed by atoms with van der Waals surface area (Å²) in [6, 6.07) is 0. The van der Waals surface area contributed by atoms with Crippen molar-refractivity contribution in [2.75, 3.05) is 0 Å². The maximum absolute atomic E-state index is 6.06. The van der Waals surface area contributed by atoms with Crippen LogP contribution >= 0.6 is 0 Å². The molecule has 2 rings (SSSR count). The van der Waals surface area contributed by atoms with E-state index < -0.39 is 0 Å². The molecule has 3 unspecified atom stereocenters. The Labute approximate surface area is 100 Å². The molecule has 92 valence electrons. The molecule has 0 aromatic carbocycles. The molecule has 2 bridgehead atoms. The van der Waals surface area contributed by atoms with Crippen molar-refractivity contribution in [2.24, 2.45) is 28.4 Å². The molecule has 3 atom stereocenters. The van der Waals surface area contributed by atoms with Gasteiger partial charge in [0.2, 0.25) is 0 Å². The molecule has 1 heteroatoms. The van der Waals surface area contributed by atoms with Gasteiger partial charge in [-0.25, -0.2) is 0 Å². The zero-order valence-corrected chi connectivity index (χ0v) is 11.5. The summed E-state index contributed by atoms with van der Waals surface area (Å²) in [5, 5.41) is 0. The molecule has 2 saturated carbocycles. The summed E-state index contributed by atoms with van der Waals surface area (Å²) in [6.45, 7) is 11.5. The minimum absolute atomic E-state index is 0.172. The lowest BCUT2D eigenvalue weighted by Gasteiger charge is -2.41. The van der Waals surface area contributed by atoms with Crippen LogP contribution in [0.2, 0.25) is 0 Å². The molecule has 1 nitrogen and oxygen atoms in total. The summed E-state index contributed by atoms with van der Waals surface area (Å²) in [5.41, 5.74) is 6.89. The first-order valence-corrected chi connectivity index (χ1v) is 6.63. The number of hydrogen-bond donors (Lipinski definition) is 1. The summed E-state index contributed by atoms with van der Waals surface area (Å²) in [6.07, 6.45) is 8.88. The van der Waals surface area contributed by atoms with Gasteiger partial charge in [-0.05, 0) is 55.8 Å². The first kappa shape index (κ1) is 12.2. The fourth-order valence-electron chi connectivity index (χ4n) is 4.17. The average Bonchev–Trinajstić information content (AvgIpc) is 2.52. The molecule has 2 N–H and O–H groups in total. The smallest absolute Gasteiger partial charge is 0.0281 e. The van der Waals surface area contributed by atoms with Gasteiger partial charge < -0.3 is 5.73 Å². The predicted molar refractivity (Wildman–Crippen MR) is 70.1 cm³/mol. The monoisotopic (exact) mass is 221 g/mol. The van der Waals surface area contributed by atoms with E-state index in [4.69, 9.17) is 5.73 Å². The highest BCUT2D eigenvalue weighted by atomic mass is 14.7. The Morgan fingerprint density at radius 3 is 2.31 bits per heavy atom. The Kier molecular flexibility index (Phi) is 2.55. The molecule has 0 aliphatic heterocycles. The van der Waals surface area contributed by atoms with E-state index in [2.05, 4.69) is 46.8 Å². The third-order valence-electron chi connectivity index (χ3n) is 5.10. The molecule has 0 aromatic heterocycles. The van der Waals surface area contributed by atoms with Gasteiger partial charge in [0.05, 0.1) is 0 Å². The number of rotatable bonds is 2.